The summed E-state index contributed by atoms with van der Waals surface area (Å²) in [6.45, 7) is 14.4. The van der Waals surface area contributed by atoms with Crippen LogP contribution in [0.15, 0.2) is 12.7 Å². The smallest absolute Gasteiger partial charge is 0.224 e. The number of rotatable bonds is 5. The van der Waals surface area contributed by atoms with E-state index in [1.165, 1.54) is 0 Å². The predicted molar refractivity (Wildman–Crippen MR) is 69.1 cm³/mol. The van der Waals surface area contributed by atoms with E-state index in [1.807, 2.05) is 13.8 Å². The van der Waals surface area contributed by atoms with Gasteiger partial charge in [0.2, 0.25) is 5.91 Å². The average molecular weight is 226 g/mol. The molecule has 0 saturated heterocycles. The highest BCUT2D eigenvalue weighted by atomic mass is 16.2. The first kappa shape index (κ1) is 15.2. The maximum absolute atomic E-state index is 12.0. The van der Waals surface area contributed by atoms with Crippen molar-refractivity contribution >= 4 is 5.91 Å². The molecule has 0 aromatic carbocycles. The normalized spacial score (nSPS) is 13.7. The fourth-order valence-electron chi connectivity index (χ4n) is 1.35. The molecule has 0 spiro atoms. The Balaban J connectivity index is 4.47. The van der Waals surface area contributed by atoms with Gasteiger partial charge >= 0.3 is 0 Å². The second-order valence-corrected chi connectivity index (χ2v) is 5.61. The monoisotopic (exact) mass is 226 g/mol. The number of nitrogens with two attached hydrogens (primary N) is 1. The summed E-state index contributed by atoms with van der Waals surface area (Å²) in [5, 5.41) is 0. The molecule has 0 bridgehead atoms. The molecule has 0 aromatic heterocycles. The van der Waals surface area contributed by atoms with Crippen LogP contribution in [0.5, 0.6) is 0 Å². The molecule has 1 unspecified atom stereocenters. The number of hydrogen-bond donors (Lipinski definition) is 1. The van der Waals surface area contributed by atoms with Gasteiger partial charge in [-0.3, -0.25) is 4.79 Å². The minimum atomic E-state index is -0.105. The lowest BCUT2D eigenvalue weighted by Crippen LogP contribution is -2.44. The second-order valence-electron chi connectivity index (χ2n) is 5.61. The zero-order chi connectivity index (χ0) is 12.9. The van der Waals surface area contributed by atoms with Crippen molar-refractivity contribution in [2.24, 2.45) is 11.1 Å². The predicted octanol–water partition coefficient (Wildman–Crippen LogP) is 2.17. The molecule has 94 valence electrons. The van der Waals surface area contributed by atoms with Crippen LogP contribution in [-0.4, -0.2) is 29.4 Å². The van der Waals surface area contributed by atoms with E-state index < -0.39 is 0 Å². The van der Waals surface area contributed by atoms with Crippen LogP contribution < -0.4 is 5.73 Å². The van der Waals surface area contributed by atoms with E-state index in [9.17, 15) is 4.79 Å². The number of nitrogens with zero attached hydrogens (tertiary/aromatic N) is 1. The van der Waals surface area contributed by atoms with Gasteiger partial charge in [0.05, 0.1) is 0 Å². The number of carbonyl (C=O) groups excluding carboxylic acids is 1. The van der Waals surface area contributed by atoms with E-state index in [0.29, 0.717) is 13.0 Å². The molecule has 0 fully saturated rings. The molecule has 1 amide bonds. The van der Waals surface area contributed by atoms with Crippen LogP contribution in [0, 0.1) is 5.41 Å². The topological polar surface area (TPSA) is 46.3 Å². The van der Waals surface area contributed by atoms with Crippen LogP contribution in [-0.2, 0) is 4.79 Å². The Morgan fingerprint density at radius 3 is 2.25 bits per heavy atom. The van der Waals surface area contributed by atoms with Gasteiger partial charge in [-0.15, -0.1) is 6.58 Å². The molecule has 0 aliphatic rings. The quantitative estimate of drug-likeness (QED) is 0.730. The minimum absolute atomic E-state index is 0.0352. The summed E-state index contributed by atoms with van der Waals surface area (Å²) in [6, 6.07) is 0.0868. The fraction of sp³-hybridized carbons (Fsp3) is 0.769. The molecule has 3 nitrogen and oxygen atoms in total. The van der Waals surface area contributed by atoms with Crippen molar-refractivity contribution in [3.05, 3.63) is 12.7 Å². The summed E-state index contributed by atoms with van der Waals surface area (Å²) in [4.78, 5) is 13.8. The fourth-order valence-corrected chi connectivity index (χ4v) is 1.35. The van der Waals surface area contributed by atoms with Crippen molar-refractivity contribution in [2.45, 2.75) is 53.1 Å². The zero-order valence-corrected chi connectivity index (χ0v) is 11.3. The molecule has 0 aliphatic carbocycles. The Hall–Kier alpha value is -0.830. The van der Waals surface area contributed by atoms with Crippen molar-refractivity contribution in [3.8, 4) is 0 Å². The Kier molecular flexibility index (Phi) is 5.73. The molecule has 0 radical (unpaired) electrons. The van der Waals surface area contributed by atoms with E-state index in [4.69, 9.17) is 5.73 Å². The van der Waals surface area contributed by atoms with Crippen LogP contribution in [0.4, 0.5) is 0 Å². The lowest BCUT2D eigenvalue weighted by Gasteiger charge is -2.31. The number of carbonyl (C=O) groups is 1. The van der Waals surface area contributed by atoms with Crippen LogP contribution >= 0.6 is 0 Å². The standard InChI is InChI=1S/C13H26N2O/c1-7-8-15(10(2)3)12(16)9-11(14)13(4,5)6/h7,10-11H,1,8-9,14H2,2-6H3. The third-order valence-corrected chi connectivity index (χ3v) is 2.78. The summed E-state index contributed by atoms with van der Waals surface area (Å²) in [5.41, 5.74) is 5.98. The molecule has 2 N–H and O–H groups in total. The molecule has 3 heteroatoms. The summed E-state index contributed by atoms with van der Waals surface area (Å²) in [7, 11) is 0. The molecule has 0 saturated carbocycles. The molecular formula is C13H26N2O. The van der Waals surface area contributed by atoms with E-state index in [-0.39, 0.29) is 23.4 Å². The van der Waals surface area contributed by atoms with Crippen molar-refractivity contribution < 1.29 is 4.79 Å². The third-order valence-electron chi connectivity index (χ3n) is 2.78. The highest BCUT2D eigenvalue weighted by Crippen LogP contribution is 2.20. The van der Waals surface area contributed by atoms with Gasteiger partial charge in [-0.2, -0.15) is 0 Å². The Labute approximate surface area is 99.7 Å². The van der Waals surface area contributed by atoms with Crippen molar-refractivity contribution in [1.29, 1.82) is 0 Å². The lowest BCUT2D eigenvalue weighted by molar-refractivity contribution is -0.133. The van der Waals surface area contributed by atoms with E-state index in [1.54, 1.807) is 11.0 Å². The minimum Gasteiger partial charge on any atom is -0.337 e. The van der Waals surface area contributed by atoms with Crippen molar-refractivity contribution in [3.63, 3.8) is 0 Å². The van der Waals surface area contributed by atoms with Gasteiger partial charge in [0.1, 0.15) is 0 Å². The maximum atomic E-state index is 12.0. The van der Waals surface area contributed by atoms with E-state index >= 15 is 0 Å². The number of amides is 1. The molecule has 0 aromatic rings. The Morgan fingerprint density at radius 1 is 1.44 bits per heavy atom. The number of hydrogen-bond acceptors (Lipinski definition) is 2. The van der Waals surface area contributed by atoms with Crippen molar-refractivity contribution in [2.75, 3.05) is 6.54 Å². The van der Waals surface area contributed by atoms with Gasteiger partial charge < -0.3 is 10.6 Å². The van der Waals surface area contributed by atoms with Crippen LogP contribution in [0.1, 0.15) is 41.0 Å². The first-order valence-corrected chi connectivity index (χ1v) is 5.86. The highest BCUT2D eigenvalue weighted by molar-refractivity contribution is 5.77. The van der Waals surface area contributed by atoms with Gasteiger partial charge in [-0.05, 0) is 19.3 Å². The van der Waals surface area contributed by atoms with Crippen LogP contribution in [0.25, 0.3) is 0 Å². The molecule has 0 rings (SSSR count). The molecule has 16 heavy (non-hydrogen) atoms. The van der Waals surface area contributed by atoms with Crippen LogP contribution in [0.2, 0.25) is 0 Å². The molecule has 0 aliphatic heterocycles. The summed E-state index contributed by atoms with van der Waals surface area (Å²) in [6.07, 6.45) is 2.15. The lowest BCUT2D eigenvalue weighted by atomic mass is 9.85. The zero-order valence-electron chi connectivity index (χ0n) is 11.3. The second kappa shape index (κ2) is 6.04. The van der Waals surface area contributed by atoms with E-state index in [0.717, 1.165) is 0 Å². The van der Waals surface area contributed by atoms with Gasteiger partial charge in [0.25, 0.3) is 0 Å². The third kappa shape index (κ3) is 4.79. The van der Waals surface area contributed by atoms with Gasteiger partial charge in [-0.1, -0.05) is 26.8 Å². The molecular weight excluding hydrogens is 200 g/mol. The SMILES string of the molecule is C=CCN(C(=O)CC(N)C(C)(C)C)C(C)C. The maximum Gasteiger partial charge on any atom is 0.224 e. The highest BCUT2D eigenvalue weighted by Gasteiger charge is 2.26. The first-order valence-electron chi connectivity index (χ1n) is 5.86. The summed E-state index contributed by atoms with van der Waals surface area (Å²) < 4.78 is 0. The van der Waals surface area contributed by atoms with Crippen LogP contribution in [0.3, 0.4) is 0 Å². The van der Waals surface area contributed by atoms with Gasteiger partial charge in [-0.25, -0.2) is 0 Å². The van der Waals surface area contributed by atoms with Gasteiger partial charge in [0.15, 0.2) is 0 Å². The largest absolute Gasteiger partial charge is 0.337 e. The molecule has 1 atom stereocenters. The summed E-state index contributed by atoms with van der Waals surface area (Å²) >= 11 is 0. The molecule has 0 heterocycles. The summed E-state index contributed by atoms with van der Waals surface area (Å²) in [5.74, 6) is 0.109. The van der Waals surface area contributed by atoms with Gasteiger partial charge in [0, 0.05) is 25.0 Å². The van der Waals surface area contributed by atoms with E-state index in [2.05, 4.69) is 27.4 Å². The van der Waals surface area contributed by atoms with Crippen molar-refractivity contribution in [1.82, 2.24) is 4.90 Å². The average Bonchev–Trinajstić information content (AvgIpc) is 2.11. The first-order chi connectivity index (χ1) is 7.20. The Morgan fingerprint density at radius 2 is 1.94 bits per heavy atom. The Bertz CT molecular complexity index is 241.